The largest absolute Gasteiger partial charge is 0.495 e. The molecule has 5 heteroatoms. The van der Waals surface area contributed by atoms with Crippen LogP contribution in [0.1, 0.15) is 95.6 Å². The van der Waals surface area contributed by atoms with Crippen molar-refractivity contribution in [1.29, 1.82) is 0 Å². The third-order valence-electron chi connectivity index (χ3n) is 7.63. The Bertz CT molecular complexity index is 1110. The molecule has 2 nitrogen and oxygen atoms in total. The molecule has 1 aromatic rings. The van der Waals surface area contributed by atoms with Crippen LogP contribution in [0.25, 0.3) is 0 Å². The zero-order valence-electron chi connectivity index (χ0n) is 26.4. The first kappa shape index (κ1) is 32.5. The van der Waals surface area contributed by atoms with Crippen LogP contribution in [0.3, 0.4) is 0 Å². The van der Waals surface area contributed by atoms with Crippen molar-refractivity contribution in [3.05, 3.63) is 29.8 Å². The van der Waals surface area contributed by atoms with E-state index in [2.05, 4.69) is 142 Å². The fourth-order valence-corrected chi connectivity index (χ4v) is 12.6. The molecule has 1 heterocycles. The monoisotopic (exact) mass is 546 g/mol. The van der Waals surface area contributed by atoms with E-state index in [0.29, 0.717) is 35.4 Å². The van der Waals surface area contributed by atoms with Crippen LogP contribution >= 0.6 is 0 Å². The summed E-state index contributed by atoms with van der Waals surface area (Å²) in [4.78, 5) is 0. The minimum atomic E-state index is -2.34. The van der Waals surface area contributed by atoms with Gasteiger partial charge in [0.05, 0.1) is 0 Å². The summed E-state index contributed by atoms with van der Waals surface area (Å²) in [5, 5.41) is 0. The van der Waals surface area contributed by atoms with Gasteiger partial charge in [-0.15, -0.1) is 28.1 Å². The second-order valence-corrected chi connectivity index (χ2v) is 23.2. The van der Waals surface area contributed by atoms with Crippen molar-refractivity contribution in [3.8, 4) is 34.0 Å². The van der Waals surface area contributed by atoms with Crippen LogP contribution < -0.4 is 5.46 Å². The molecular formula is C33H51BO2Si2. The van der Waals surface area contributed by atoms with Crippen LogP contribution in [0.2, 0.25) is 22.2 Å². The maximum atomic E-state index is 6.13. The lowest BCUT2D eigenvalue weighted by atomic mass is 9.73. The average molecular weight is 547 g/mol. The second kappa shape index (κ2) is 12.7. The second-order valence-electron chi connectivity index (χ2n) is 14.1. The first-order valence-corrected chi connectivity index (χ1v) is 18.7. The van der Waals surface area contributed by atoms with Gasteiger partial charge >= 0.3 is 7.12 Å². The van der Waals surface area contributed by atoms with Gasteiger partial charge in [0.15, 0.2) is 0 Å². The van der Waals surface area contributed by atoms with Gasteiger partial charge in [-0.05, 0) is 54.5 Å². The normalized spacial score (nSPS) is 16.1. The Morgan fingerprint density at radius 3 is 1.63 bits per heavy atom. The number of hydrogen-bond acceptors (Lipinski definition) is 2. The van der Waals surface area contributed by atoms with Crippen molar-refractivity contribution in [3.63, 3.8) is 0 Å². The van der Waals surface area contributed by atoms with E-state index >= 15 is 0 Å². The minimum Gasteiger partial charge on any atom is -0.407 e. The van der Waals surface area contributed by atoms with Crippen LogP contribution in [0.15, 0.2) is 24.3 Å². The molecule has 206 valence electrons. The molecule has 0 unspecified atom stereocenters. The topological polar surface area (TPSA) is 18.5 Å². The van der Waals surface area contributed by atoms with Crippen LogP contribution in [0.5, 0.6) is 0 Å². The predicted octanol–water partition coefficient (Wildman–Crippen LogP) is 7.55. The fourth-order valence-electron chi connectivity index (χ4n) is 4.91. The third kappa shape index (κ3) is 7.93. The molecule has 0 aromatic heterocycles. The van der Waals surface area contributed by atoms with Crippen LogP contribution in [0, 0.1) is 44.8 Å². The van der Waals surface area contributed by atoms with E-state index in [1.165, 1.54) is 0 Å². The summed E-state index contributed by atoms with van der Waals surface area (Å²) < 4.78 is 12.3. The van der Waals surface area contributed by atoms with Gasteiger partial charge in [0.2, 0.25) is 16.1 Å². The highest BCUT2D eigenvalue weighted by Crippen LogP contribution is 2.35. The highest BCUT2D eigenvalue weighted by molar-refractivity contribution is 7.01. The van der Waals surface area contributed by atoms with Gasteiger partial charge in [0.1, 0.15) is 0 Å². The van der Waals surface area contributed by atoms with Gasteiger partial charge < -0.3 is 9.31 Å². The molecule has 1 aromatic carbocycles. The van der Waals surface area contributed by atoms with E-state index in [4.69, 9.17) is 9.31 Å². The lowest BCUT2D eigenvalue weighted by Crippen LogP contribution is -2.48. The van der Waals surface area contributed by atoms with Crippen molar-refractivity contribution in [2.45, 2.75) is 112 Å². The summed E-state index contributed by atoms with van der Waals surface area (Å²) in [5.41, 5.74) is 19.3. The molecule has 1 saturated heterocycles. The van der Waals surface area contributed by atoms with E-state index in [9.17, 15) is 0 Å². The van der Waals surface area contributed by atoms with Gasteiger partial charge in [-0.1, -0.05) is 93.4 Å². The zero-order valence-corrected chi connectivity index (χ0v) is 28.4. The van der Waals surface area contributed by atoms with Gasteiger partial charge in [-0.25, -0.2) is 0 Å². The van der Waals surface area contributed by atoms with Gasteiger partial charge in [0.25, 0.3) is 0 Å². The maximum Gasteiger partial charge on any atom is 0.495 e. The summed E-state index contributed by atoms with van der Waals surface area (Å²) in [6.45, 7) is 30.8. The molecule has 0 bridgehead atoms. The lowest BCUT2D eigenvalue weighted by Gasteiger charge is -2.33. The Morgan fingerprint density at radius 2 is 1.18 bits per heavy atom. The van der Waals surface area contributed by atoms with Crippen LogP contribution in [-0.2, 0) is 9.31 Å². The first-order valence-electron chi connectivity index (χ1n) is 14.4. The molecule has 1 aliphatic rings. The summed E-state index contributed by atoms with van der Waals surface area (Å²) >= 11 is 0. The van der Waals surface area contributed by atoms with E-state index in [1.54, 1.807) is 0 Å². The number of benzene rings is 1. The third-order valence-corrected chi connectivity index (χ3v) is 17.3. The first-order chi connectivity index (χ1) is 17.5. The van der Waals surface area contributed by atoms with Crippen molar-refractivity contribution in [2.75, 3.05) is 13.2 Å². The number of rotatable bonds is 5. The Kier molecular flexibility index (Phi) is 10.8. The van der Waals surface area contributed by atoms with Crippen molar-refractivity contribution < 1.29 is 9.31 Å². The molecule has 38 heavy (non-hydrogen) atoms. The summed E-state index contributed by atoms with van der Waals surface area (Å²) in [6, 6.07) is 8.28. The Morgan fingerprint density at radius 1 is 0.737 bits per heavy atom. The molecule has 0 saturated carbocycles. The van der Waals surface area contributed by atoms with E-state index in [-0.39, 0.29) is 17.9 Å². The van der Waals surface area contributed by atoms with Crippen molar-refractivity contribution in [2.24, 2.45) is 10.8 Å². The molecule has 0 amide bonds. The molecule has 0 aliphatic carbocycles. The van der Waals surface area contributed by atoms with Gasteiger partial charge in [-0.3, -0.25) is 0 Å². The molecular weight excluding hydrogens is 495 g/mol. The molecule has 2 rings (SSSR count). The highest BCUT2D eigenvalue weighted by Gasteiger charge is 2.42. The highest BCUT2D eigenvalue weighted by atomic mass is 28.3. The average Bonchev–Trinajstić information content (AvgIpc) is 2.80. The van der Waals surface area contributed by atoms with E-state index < -0.39 is 16.1 Å². The van der Waals surface area contributed by atoms with Crippen molar-refractivity contribution >= 4 is 28.7 Å². The van der Waals surface area contributed by atoms with E-state index in [0.717, 1.165) is 11.0 Å². The molecule has 1 fully saturated rings. The zero-order chi connectivity index (χ0) is 28.9. The molecule has 0 N–H and O–H groups in total. The van der Waals surface area contributed by atoms with Crippen LogP contribution in [-0.4, -0.2) is 36.5 Å². The lowest BCUT2D eigenvalue weighted by molar-refractivity contribution is 0.0343. The fraction of sp³-hybridized carbons (Fsp3) is 0.636. The molecule has 0 atom stereocenters. The van der Waals surface area contributed by atoms with Crippen LogP contribution in [0.4, 0.5) is 0 Å². The summed E-state index contributed by atoms with van der Waals surface area (Å²) in [6.07, 6.45) is 0. The standard InChI is InChI=1S/C33H51BO2Si2/c1-26(2)37(27(3)4,22-23-38(28(5)6,29(7)8)21-19-32(9,10)11)20-18-30-16-14-15-17-31(30)34-35-24-33(12,13)25-36-34/h14-17,26-29H,24-25H2,1-13H3. The van der Waals surface area contributed by atoms with E-state index in [1.807, 2.05) is 6.07 Å². The molecule has 1 aliphatic heterocycles. The maximum absolute atomic E-state index is 6.13. The minimum absolute atomic E-state index is 0.0309. The Hall–Kier alpha value is -1.68. The smallest absolute Gasteiger partial charge is 0.407 e. The quantitative estimate of drug-likeness (QED) is 0.280. The van der Waals surface area contributed by atoms with Gasteiger partial charge in [-0.2, -0.15) is 0 Å². The summed E-state index contributed by atoms with van der Waals surface area (Å²) in [5.74, 6) is 7.20. The Labute approximate surface area is 237 Å². The number of hydrogen-bond donors (Lipinski definition) is 0. The predicted molar refractivity (Wildman–Crippen MR) is 171 cm³/mol. The van der Waals surface area contributed by atoms with Gasteiger partial charge in [0, 0.05) is 29.6 Å². The van der Waals surface area contributed by atoms with Crippen molar-refractivity contribution in [1.82, 2.24) is 0 Å². The molecule has 0 spiro atoms. The molecule has 0 radical (unpaired) electrons. The SMILES string of the molecule is CC(C)[Si](C#Cc1ccccc1B1OCC(C)(C)CO1)(C#C[Si](C#CC(C)(C)C)(C(C)C)C(C)C)C(C)C. The summed E-state index contributed by atoms with van der Waals surface area (Å²) in [7, 11) is -4.93. The Balaban J connectivity index is 2.66.